The van der Waals surface area contributed by atoms with E-state index in [1.807, 2.05) is 4.90 Å². The van der Waals surface area contributed by atoms with Gasteiger partial charge in [0.2, 0.25) is 0 Å². The van der Waals surface area contributed by atoms with Gasteiger partial charge in [-0.1, -0.05) is 13.8 Å². The third kappa shape index (κ3) is 4.35. The molecule has 5 heteroatoms. The summed E-state index contributed by atoms with van der Waals surface area (Å²) in [5, 5.41) is 12.2. The first-order valence-electron chi connectivity index (χ1n) is 7.94. The molecule has 0 aromatic rings. The van der Waals surface area contributed by atoms with Crippen LogP contribution in [0, 0.1) is 17.8 Å². The number of rotatable bonds is 5. The third-order valence-corrected chi connectivity index (χ3v) is 4.37. The molecule has 2 saturated heterocycles. The monoisotopic (exact) mass is 283 g/mol. The zero-order valence-corrected chi connectivity index (χ0v) is 12.8. The summed E-state index contributed by atoms with van der Waals surface area (Å²) in [6, 6.07) is 0.0447. The smallest absolute Gasteiger partial charge is 0.317 e. The van der Waals surface area contributed by atoms with Crippen molar-refractivity contribution in [1.29, 1.82) is 0 Å². The molecule has 2 fully saturated rings. The number of nitrogens with zero attached hydrogens (tertiary/aromatic N) is 2. The summed E-state index contributed by atoms with van der Waals surface area (Å²) in [6.45, 7) is 10.4. The van der Waals surface area contributed by atoms with Gasteiger partial charge in [-0.15, -0.1) is 0 Å². The second kappa shape index (κ2) is 7.27. The number of likely N-dealkylation sites (tertiary alicyclic amines) is 2. The van der Waals surface area contributed by atoms with Crippen LogP contribution < -0.4 is 5.32 Å². The lowest BCUT2D eigenvalue weighted by atomic mass is 10.1. The number of aliphatic hydroxyl groups excluding tert-OH is 1. The largest absolute Gasteiger partial charge is 0.396 e. The standard InChI is InChI=1S/C15H29N3O2/c1-12(2)8-17-5-3-13(9-17)7-16-15(20)18-6-4-14(10-18)11-19/h12-14,19H,3-11H2,1-2H3,(H,16,20). The van der Waals surface area contributed by atoms with Crippen molar-refractivity contribution < 1.29 is 9.90 Å². The molecule has 2 rings (SSSR count). The molecule has 116 valence electrons. The number of nitrogens with one attached hydrogen (secondary N) is 1. The average Bonchev–Trinajstić information content (AvgIpc) is 3.04. The molecule has 2 aliphatic rings. The molecule has 2 unspecified atom stereocenters. The van der Waals surface area contributed by atoms with Crippen molar-refractivity contribution in [3.05, 3.63) is 0 Å². The quantitative estimate of drug-likeness (QED) is 0.791. The highest BCUT2D eigenvalue weighted by Gasteiger charge is 2.27. The van der Waals surface area contributed by atoms with Gasteiger partial charge < -0.3 is 20.2 Å². The van der Waals surface area contributed by atoms with Crippen molar-refractivity contribution in [3.63, 3.8) is 0 Å². The summed E-state index contributed by atoms with van der Waals surface area (Å²) in [5.41, 5.74) is 0. The summed E-state index contributed by atoms with van der Waals surface area (Å²) in [7, 11) is 0. The van der Waals surface area contributed by atoms with Gasteiger partial charge in [0.1, 0.15) is 0 Å². The Morgan fingerprint density at radius 3 is 2.65 bits per heavy atom. The van der Waals surface area contributed by atoms with Gasteiger partial charge in [-0.3, -0.25) is 0 Å². The predicted octanol–water partition coefficient (Wildman–Crippen LogP) is 0.988. The minimum absolute atomic E-state index is 0.0447. The molecule has 0 spiro atoms. The van der Waals surface area contributed by atoms with Crippen molar-refractivity contribution in [3.8, 4) is 0 Å². The maximum absolute atomic E-state index is 12.0. The molecular formula is C15H29N3O2. The Kier molecular flexibility index (Phi) is 5.66. The van der Waals surface area contributed by atoms with Gasteiger partial charge in [0.05, 0.1) is 0 Å². The van der Waals surface area contributed by atoms with Gasteiger partial charge >= 0.3 is 6.03 Å². The highest BCUT2D eigenvalue weighted by Crippen LogP contribution is 2.18. The maximum Gasteiger partial charge on any atom is 0.317 e. The molecular weight excluding hydrogens is 254 g/mol. The molecule has 2 heterocycles. The molecule has 0 aliphatic carbocycles. The number of hydrogen-bond donors (Lipinski definition) is 2. The molecule has 0 aromatic carbocycles. The number of carbonyl (C=O) groups excluding carboxylic acids is 1. The van der Waals surface area contributed by atoms with Crippen LogP contribution in [0.4, 0.5) is 4.79 Å². The van der Waals surface area contributed by atoms with Crippen LogP contribution in [-0.4, -0.2) is 66.8 Å². The van der Waals surface area contributed by atoms with E-state index in [1.54, 1.807) is 0 Å². The first kappa shape index (κ1) is 15.6. The molecule has 0 bridgehead atoms. The van der Waals surface area contributed by atoms with Crippen molar-refractivity contribution >= 4 is 6.03 Å². The fourth-order valence-electron chi connectivity index (χ4n) is 3.27. The van der Waals surface area contributed by atoms with Crippen molar-refractivity contribution in [2.75, 3.05) is 45.9 Å². The molecule has 0 saturated carbocycles. The Bertz CT molecular complexity index is 322. The van der Waals surface area contributed by atoms with Gasteiger partial charge in [-0.05, 0) is 31.2 Å². The van der Waals surface area contributed by atoms with E-state index in [-0.39, 0.29) is 18.6 Å². The Hall–Kier alpha value is -0.810. The van der Waals surface area contributed by atoms with Crippen molar-refractivity contribution in [2.24, 2.45) is 17.8 Å². The van der Waals surface area contributed by atoms with Crippen LogP contribution in [0.2, 0.25) is 0 Å². The molecule has 2 atom stereocenters. The van der Waals surface area contributed by atoms with E-state index in [1.165, 1.54) is 6.42 Å². The van der Waals surface area contributed by atoms with Gasteiger partial charge in [0.25, 0.3) is 0 Å². The Balaban J connectivity index is 1.65. The molecule has 20 heavy (non-hydrogen) atoms. The normalized spacial score (nSPS) is 27.5. The summed E-state index contributed by atoms with van der Waals surface area (Å²) >= 11 is 0. The molecule has 0 aromatic heterocycles. The Labute approximate surface area is 122 Å². The van der Waals surface area contributed by atoms with E-state index in [0.29, 0.717) is 18.4 Å². The van der Waals surface area contributed by atoms with Crippen LogP contribution in [0.3, 0.4) is 0 Å². The summed E-state index contributed by atoms with van der Waals surface area (Å²) in [5.74, 6) is 1.58. The molecule has 2 amide bonds. The van der Waals surface area contributed by atoms with E-state index in [0.717, 1.165) is 39.1 Å². The zero-order chi connectivity index (χ0) is 14.5. The topological polar surface area (TPSA) is 55.8 Å². The molecule has 5 nitrogen and oxygen atoms in total. The Morgan fingerprint density at radius 1 is 1.25 bits per heavy atom. The van der Waals surface area contributed by atoms with Gasteiger partial charge in [0, 0.05) is 45.2 Å². The Morgan fingerprint density at radius 2 is 2.00 bits per heavy atom. The number of amides is 2. The lowest BCUT2D eigenvalue weighted by molar-refractivity contribution is 0.196. The van der Waals surface area contributed by atoms with E-state index in [9.17, 15) is 4.79 Å². The molecule has 0 radical (unpaired) electrons. The number of aliphatic hydroxyl groups is 1. The number of carbonyl (C=O) groups is 1. The molecule has 2 N–H and O–H groups in total. The fraction of sp³-hybridized carbons (Fsp3) is 0.933. The van der Waals surface area contributed by atoms with E-state index in [2.05, 4.69) is 24.1 Å². The first-order chi connectivity index (χ1) is 9.58. The highest BCUT2D eigenvalue weighted by atomic mass is 16.3. The van der Waals surface area contributed by atoms with Gasteiger partial charge in [-0.2, -0.15) is 0 Å². The van der Waals surface area contributed by atoms with Gasteiger partial charge in [0.15, 0.2) is 0 Å². The SMILES string of the molecule is CC(C)CN1CCC(CNC(=O)N2CCC(CO)C2)C1. The molecule has 2 aliphatic heterocycles. The number of urea groups is 1. The van der Waals surface area contributed by atoms with Crippen LogP contribution >= 0.6 is 0 Å². The second-order valence-corrected chi connectivity index (χ2v) is 6.78. The zero-order valence-electron chi connectivity index (χ0n) is 12.8. The third-order valence-electron chi connectivity index (χ3n) is 4.37. The van der Waals surface area contributed by atoms with E-state index < -0.39 is 0 Å². The highest BCUT2D eigenvalue weighted by molar-refractivity contribution is 5.74. The second-order valence-electron chi connectivity index (χ2n) is 6.78. The summed E-state index contributed by atoms with van der Waals surface area (Å²) in [4.78, 5) is 16.4. The van der Waals surface area contributed by atoms with Crippen molar-refractivity contribution in [1.82, 2.24) is 15.1 Å². The maximum atomic E-state index is 12.0. The minimum Gasteiger partial charge on any atom is -0.396 e. The van der Waals surface area contributed by atoms with Crippen molar-refractivity contribution in [2.45, 2.75) is 26.7 Å². The van der Waals surface area contributed by atoms with Gasteiger partial charge in [-0.25, -0.2) is 4.79 Å². The van der Waals surface area contributed by atoms with E-state index >= 15 is 0 Å². The van der Waals surface area contributed by atoms with Crippen LogP contribution in [0.1, 0.15) is 26.7 Å². The van der Waals surface area contributed by atoms with Crippen LogP contribution in [0.15, 0.2) is 0 Å². The summed E-state index contributed by atoms with van der Waals surface area (Å²) < 4.78 is 0. The summed E-state index contributed by atoms with van der Waals surface area (Å²) in [6.07, 6.45) is 2.11. The number of hydrogen-bond acceptors (Lipinski definition) is 3. The first-order valence-corrected chi connectivity index (χ1v) is 7.94. The van der Waals surface area contributed by atoms with Crippen LogP contribution in [0.25, 0.3) is 0 Å². The predicted molar refractivity (Wildman–Crippen MR) is 79.5 cm³/mol. The van der Waals surface area contributed by atoms with Crippen LogP contribution in [-0.2, 0) is 0 Å². The van der Waals surface area contributed by atoms with Crippen LogP contribution in [0.5, 0.6) is 0 Å². The fourth-order valence-corrected chi connectivity index (χ4v) is 3.27. The van der Waals surface area contributed by atoms with E-state index in [4.69, 9.17) is 5.11 Å². The lowest BCUT2D eigenvalue weighted by Gasteiger charge is -2.20. The lowest BCUT2D eigenvalue weighted by Crippen LogP contribution is -2.41. The average molecular weight is 283 g/mol. The minimum atomic E-state index is 0.0447.